The van der Waals surface area contributed by atoms with Gasteiger partial charge in [0.25, 0.3) is 0 Å². The Morgan fingerprint density at radius 2 is 1.92 bits per heavy atom. The number of hydrogen-bond donors (Lipinski definition) is 1. The molecule has 2 rings (SSSR count). The minimum atomic E-state index is -0.821. The van der Waals surface area contributed by atoms with Crippen LogP contribution in [0.25, 0.3) is 4.91 Å². The van der Waals surface area contributed by atoms with E-state index in [2.05, 4.69) is 0 Å². The van der Waals surface area contributed by atoms with E-state index in [4.69, 9.17) is 5.11 Å². The van der Waals surface area contributed by atoms with Crippen LogP contribution in [0.2, 0.25) is 0 Å². The summed E-state index contributed by atoms with van der Waals surface area (Å²) in [5.74, 6) is -0.821. The van der Waals surface area contributed by atoms with Crippen molar-refractivity contribution < 1.29 is 9.90 Å². The number of benzene rings is 1. The van der Waals surface area contributed by atoms with Crippen LogP contribution in [0.1, 0.15) is 5.56 Å². The molecule has 0 saturated heterocycles. The van der Waals surface area contributed by atoms with Crippen molar-refractivity contribution in [1.82, 2.24) is 0 Å². The number of hydrogen-bond acceptors (Lipinski definition) is 2. The molecule has 0 spiro atoms. The molecule has 0 radical (unpaired) electrons. The molecule has 2 nitrogen and oxygen atoms in total. The molecule has 1 aliphatic rings. The van der Waals surface area contributed by atoms with E-state index >= 15 is 0 Å². The molecule has 1 aliphatic heterocycles. The van der Waals surface area contributed by atoms with Crippen LogP contribution < -0.4 is 0 Å². The van der Waals surface area contributed by atoms with Gasteiger partial charge in [-0.2, -0.15) is 0 Å². The van der Waals surface area contributed by atoms with E-state index in [1.54, 1.807) is 0 Å². The maximum atomic E-state index is 10.5. The molecule has 1 aromatic carbocycles. The summed E-state index contributed by atoms with van der Waals surface area (Å²) in [7, 11) is 0. The van der Waals surface area contributed by atoms with Crippen molar-refractivity contribution in [2.75, 3.05) is 0 Å². The maximum Gasteiger partial charge on any atom is 0.343 e. The molecule has 0 bridgehead atoms. The smallest absolute Gasteiger partial charge is 0.343 e. The molecule has 12 heavy (non-hydrogen) atoms. The van der Waals surface area contributed by atoms with Crippen molar-refractivity contribution in [3.05, 3.63) is 40.8 Å². The zero-order valence-corrected chi connectivity index (χ0v) is 6.97. The lowest BCUT2D eigenvalue weighted by Gasteiger charge is -1.87. The standard InChI is InChI=1S/C9H6O2S/c10-9(11)8-7(12-8)6-4-2-1-3-5-6/h1-5H,(H,10,11). The minimum Gasteiger partial charge on any atom is -0.477 e. The van der Waals surface area contributed by atoms with Gasteiger partial charge in [0.2, 0.25) is 0 Å². The van der Waals surface area contributed by atoms with E-state index < -0.39 is 5.97 Å². The number of thioether (sulfide) groups is 1. The van der Waals surface area contributed by atoms with E-state index in [1.165, 1.54) is 11.8 Å². The van der Waals surface area contributed by atoms with Gasteiger partial charge >= 0.3 is 5.97 Å². The highest BCUT2D eigenvalue weighted by Gasteiger charge is 2.30. The fourth-order valence-electron chi connectivity index (χ4n) is 0.997. The average Bonchev–Trinajstić information content (AvgIpc) is 2.84. The van der Waals surface area contributed by atoms with Gasteiger partial charge in [0.15, 0.2) is 0 Å². The summed E-state index contributed by atoms with van der Waals surface area (Å²) in [4.78, 5) is 11.8. The Balaban J connectivity index is 2.31. The Labute approximate surface area is 73.9 Å². The van der Waals surface area contributed by atoms with E-state index in [0.717, 1.165) is 10.5 Å². The monoisotopic (exact) mass is 178 g/mol. The van der Waals surface area contributed by atoms with Gasteiger partial charge in [-0.05, 0) is 5.56 Å². The van der Waals surface area contributed by atoms with Crippen LogP contribution in [0.5, 0.6) is 0 Å². The fourth-order valence-corrected chi connectivity index (χ4v) is 1.70. The first kappa shape index (κ1) is 7.43. The third-order valence-electron chi connectivity index (χ3n) is 1.60. The Morgan fingerprint density at radius 1 is 1.25 bits per heavy atom. The van der Waals surface area contributed by atoms with Crippen molar-refractivity contribution in [2.24, 2.45) is 0 Å². The van der Waals surface area contributed by atoms with Gasteiger partial charge in [-0.25, -0.2) is 4.79 Å². The van der Waals surface area contributed by atoms with Gasteiger partial charge < -0.3 is 5.11 Å². The zero-order chi connectivity index (χ0) is 8.55. The molecule has 60 valence electrons. The molecule has 0 unspecified atom stereocenters. The number of aliphatic carboxylic acids is 1. The lowest BCUT2D eigenvalue weighted by Crippen LogP contribution is -1.87. The molecule has 1 aromatic rings. The van der Waals surface area contributed by atoms with Crippen LogP contribution in [-0.2, 0) is 4.79 Å². The highest BCUT2D eigenvalue weighted by Crippen LogP contribution is 2.52. The van der Waals surface area contributed by atoms with Crippen molar-refractivity contribution in [3.8, 4) is 0 Å². The lowest BCUT2D eigenvalue weighted by atomic mass is 10.2. The van der Waals surface area contributed by atoms with Crippen LogP contribution in [0.15, 0.2) is 35.2 Å². The second-order valence-corrected chi connectivity index (χ2v) is 3.45. The number of carboxylic acid groups (broad SMARTS) is 1. The first-order valence-corrected chi connectivity index (χ1v) is 4.31. The van der Waals surface area contributed by atoms with Crippen molar-refractivity contribution >= 4 is 22.6 Å². The Morgan fingerprint density at radius 3 is 2.42 bits per heavy atom. The average molecular weight is 178 g/mol. The normalized spacial score (nSPS) is 14.7. The van der Waals surface area contributed by atoms with E-state index in [9.17, 15) is 4.79 Å². The van der Waals surface area contributed by atoms with Crippen LogP contribution in [0, 0.1) is 0 Å². The van der Waals surface area contributed by atoms with Crippen molar-refractivity contribution in [1.29, 1.82) is 0 Å². The van der Waals surface area contributed by atoms with Crippen LogP contribution in [-0.4, -0.2) is 11.1 Å². The molecule has 3 heteroatoms. The van der Waals surface area contributed by atoms with E-state index in [-0.39, 0.29) is 0 Å². The predicted molar refractivity (Wildman–Crippen MR) is 48.6 cm³/mol. The molecular weight excluding hydrogens is 172 g/mol. The molecule has 1 heterocycles. The number of carbonyl (C=O) groups is 1. The van der Waals surface area contributed by atoms with Crippen LogP contribution >= 0.6 is 11.8 Å². The second-order valence-electron chi connectivity index (χ2n) is 2.43. The first-order valence-electron chi connectivity index (χ1n) is 3.50. The third-order valence-corrected chi connectivity index (χ3v) is 2.62. The summed E-state index contributed by atoms with van der Waals surface area (Å²) >= 11 is 1.33. The second kappa shape index (κ2) is 2.68. The van der Waals surface area contributed by atoms with Crippen LogP contribution in [0.4, 0.5) is 0 Å². The molecule has 0 amide bonds. The molecule has 0 atom stereocenters. The van der Waals surface area contributed by atoms with Gasteiger partial charge in [-0.15, -0.1) is 0 Å². The third kappa shape index (κ3) is 1.23. The highest BCUT2D eigenvalue weighted by atomic mass is 32.2. The van der Waals surface area contributed by atoms with Gasteiger partial charge in [0.05, 0.1) is 0 Å². The summed E-state index contributed by atoms with van der Waals surface area (Å²) < 4.78 is 0. The van der Waals surface area contributed by atoms with Gasteiger partial charge in [0.1, 0.15) is 4.91 Å². The fraction of sp³-hybridized carbons (Fsp3) is 0. The summed E-state index contributed by atoms with van der Waals surface area (Å²) in [6, 6.07) is 9.55. The van der Waals surface area contributed by atoms with Gasteiger partial charge in [0, 0.05) is 4.91 Å². The van der Waals surface area contributed by atoms with Gasteiger partial charge in [-0.3, -0.25) is 0 Å². The molecule has 0 aromatic heterocycles. The summed E-state index contributed by atoms with van der Waals surface area (Å²) in [5, 5.41) is 8.61. The Kier molecular flexibility index (Phi) is 1.66. The highest BCUT2D eigenvalue weighted by molar-refractivity contribution is 8.20. The minimum absolute atomic E-state index is 0.473. The number of carboxylic acids is 1. The lowest BCUT2D eigenvalue weighted by molar-refractivity contribution is -0.131. The Hall–Kier alpha value is -1.22. The molecule has 0 aliphatic carbocycles. The van der Waals surface area contributed by atoms with Crippen molar-refractivity contribution in [2.45, 2.75) is 0 Å². The van der Waals surface area contributed by atoms with Crippen LogP contribution in [0.3, 0.4) is 0 Å². The summed E-state index contributed by atoms with van der Waals surface area (Å²) in [6.07, 6.45) is 0. The summed E-state index contributed by atoms with van der Waals surface area (Å²) in [6.45, 7) is 0. The first-order chi connectivity index (χ1) is 5.79. The topological polar surface area (TPSA) is 37.3 Å². The maximum absolute atomic E-state index is 10.5. The number of rotatable bonds is 2. The molecule has 1 N–H and O–H groups in total. The zero-order valence-electron chi connectivity index (χ0n) is 6.15. The van der Waals surface area contributed by atoms with E-state index in [0.29, 0.717) is 4.91 Å². The largest absolute Gasteiger partial charge is 0.477 e. The van der Waals surface area contributed by atoms with Crippen molar-refractivity contribution in [3.63, 3.8) is 0 Å². The molecule has 0 saturated carbocycles. The predicted octanol–water partition coefficient (Wildman–Crippen LogP) is 2.19. The van der Waals surface area contributed by atoms with E-state index in [1.807, 2.05) is 30.3 Å². The Bertz CT molecular complexity index is 354. The summed E-state index contributed by atoms with van der Waals surface area (Å²) in [5.41, 5.74) is 1.000. The quantitative estimate of drug-likeness (QED) is 0.754. The SMILES string of the molecule is O=C(O)C1=C(c2ccccc2)S1. The molecule has 0 fully saturated rings. The van der Waals surface area contributed by atoms with Gasteiger partial charge in [-0.1, -0.05) is 42.1 Å². The molecular formula is C9H6O2S.